The molecule has 0 N–H and O–H groups in total. The first-order valence-electron chi connectivity index (χ1n) is 8.87. The maximum atomic E-state index is 12.4. The van der Waals surface area contributed by atoms with E-state index in [4.69, 9.17) is 9.47 Å². The molecule has 0 saturated carbocycles. The maximum Gasteiger partial charge on any atom is 0.330 e. The molecule has 27 heavy (non-hydrogen) atoms. The molecule has 0 aliphatic rings. The Morgan fingerprint density at radius 1 is 1.07 bits per heavy atom. The normalized spacial score (nSPS) is 11.7. The molecular weight excluding hydrogens is 342 g/mol. The average Bonchev–Trinajstić information content (AvgIpc) is 2.72. The Morgan fingerprint density at radius 3 is 2.30 bits per heavy atom. The molecule has 2 aromatic rings. The highest BCUT2D eigenvalue weighted by Gasteiger charge is 2.16. The number of carbonyl (C=O) groups excluding carboxylic acids is 2. The summed E-state index contributed by atoms with van der Waals surface area (Å²) in [7, 11) is 1.94. The molecule has 5 heteroatoms. The van der Waals surface area contributed by atoms with E-state index in [0.29, 0.717) is 23.4 Å². The van der Waals surface area contributed by atoms with Gasteiger partial charge in [0.25, 0.3) is 0 Å². The molecule has 0 aromatic heterocycles. The third-order valence-corrected chi connectivity index (χ3v) is 4.09. The van der Waals surface area contributed by atoms with Crippen LogP contribution in [0.5, 0.6) is 5.75 Å². The molecule has 0 bridgehead atoms. The van der Waals surface area contributed by atoms with Crippen molar-refractivity contribution in [2.75, 3.05) is 26.7 Å². The van der Waals surface area contributed by atoms with E-state index in [1.165, 1.54) is 0 Å². The van der Waals surface area contributed by atoms with Gasteiger partial charge in [-0.15, -0.1) is 0 Å². The number of nitrogens with zero attached hydrogens (tertiary/aromatic N) is 1. The molecule has 2 aromatic carbocycles. The van der Waals surface area contributed by atoms with Gasteiger partial charge in [0.2, 0.25) is 0 Å². The van der Waals surface area contributed by atoms with Crippen LogP contribution in [0.1, 0.15) is 22.8 Å². The molecule has 5 nitrogen and oxygen atoms in total. The Bertz CT molecular complexity index is 756. The van der Waals surface area contributed by atoms with Crippen LogP contribution in [-0.2, 0) is 9.53 Å². The predicted molar refractivity (Wildman–Crippen MR) is 105 cm³/mol. The lowest BCUT2D eigenvalue weighted by atomic mass is 10.0. The van der Waals surface area contributed by atoms with Crippen molar-refractivity contribution in [3.8, 4) is 5.75 Å². The minimum atomic E-state index is -0.475. The summed E-state index contributed by atoms with van der Waals surface area (Å²) in [5.74, 6) is 0.0971. The van der Waals surface area contributed by atoms with Gasteiger partial charge in [-0.1, -0.05) is 43.8 Å². The van der Waals surface area contributed by atoms with Gasteiger partial charge < -0.3 is 14.4 Å². The van der Waals surface area contributed by atoms with Crippen molar-refractivity contribution >= 4 is 11.8 Å². The minimum absolute atomic E-state index is 0.0375. The van der Waals surface area contributed by atoms with Crippen molar-refractivity contribution in [1.82, 2.24) is 4.90 Å². The van der Waals surface area contributed by atoms with Gasteiger partial charge in [-0.3, -0.25) is 4.79 Å². The molecule has 0 unspecified atom stereocenters. The summed E-state index contributed by atoms with van der Waals surface area (Å²) in [5, 5.41) is 0. The lowest BCUT2D eigenvalue weighted by molar-refractivity contribution is -0.145. The Balaban J connectivity index is 1.98. The van der Waals surface area contributed by atoms with Gasteiger partial charge in [-0.2, -0.15) is 0 Å². The maximum absolute atomic E-state index is 12.4. The van der Waals surface area contributed by atoms with E-state index < -0.39 is 12.1 Å². The largest absolute Gasteiger partial charge is 0.490 e. The van der Waals surface area contributed by atoms with Crippen LogP contribution >= 0.6 is 0 Å². The minimum Gasteiger partial charge on any atom is -0.490 e. The molecule has 0 spiro atoms. The van der Waals surface area contributed by atoms with Gasteiger partial charge in [0, 0.05) is 23.7 Å². The first kappa shape index (κ1) is 20.4. The topological polar surface area (TPSA) is 55.8 Å². The van der Waals surface area contributed by atoms with E-state index in [1.807, 2.05) is 37.1 Å². The van der Waals surface area contributed by atoms with Gasteiger partial charge in [0.1, 0.15) is 18.5 Å². The highest BCUT2D eigenvalue weighted by molar-refractivity contribution is 6.08. The SMILES string of the molecule is C=CC(=O)O[C@@H](COc1ccc(C(=O)c2ccccc2)cc1)CN(C)CC. The van der Waals surface area contributed by atoms with E-state index in [2.05, 4.69) is 6.58 Å². The number of hydrogen-bond donors (Lipinski definition) is 0. The van der Waals surface area contributed by atoms with Crippen LogP contribution in [0.3, 0.4) is 0 Å². The number of esters is 1. The molecule has 0 fully saturated rings. The summed E-state index contributed by atoms with van der Waals surface area (Å²) < 4.78 is 11.1. The number of ether oxygens (including phenoxy) is 2. The molecule has 0 radical (unpaired) electrons. The van der Waals surface area contributed by atoms with Crippen molar-refractivity contribution < 1.29 is 19.1 Å². The standard InChI is InChI=1S/C22H25NO4/c1-4-21(24)27-20(15-23(3)5-2)16-26-19-13-11-18(12-14-19)22(25)17-9-7-6-8-10-17/h4,6-14,20H,1,5,15-16H2,2-3H3/t20-/m1/s1. The highest BCUT2D eigenvalue weighted by Crippen LogP contribution is 2.16. The summed E-state index contributed by atoms with van der Waals surface area (Å²) >= 11 is 0. The van der Waals surface area contributed by atoms with Crippen LogP contribution < -0.4 is 4.74 Å². The third-order valence-electron chi connectivity index (χ3n) is 4.09. The first-order chi connectivity index (χ1) is 13.0. The molecule has 2 rings (SSSR count). The van der Waals surface area contributed by atoms with Crippen LogP contribution in [0.15, 0.2) is 67.3 Å². The second kappa shape index (κ2) is 10.3. The fourth-order valence-corrected chi connectivity index (χ4v) is 2.46. The number of rotatable bonds is 10. The van der Waals surface area contributed by atoms with Crippen LogP contribution in [-0.4, -0.2) is 49.5 Å². The van der Waals surface area contributed by atoms with E-state index >= 15 is 0 Å². The quantitative estimate of drug-likeness (QED) is 0.366. The van der Waals surface area contributed by atoms with Gasteiger partial charge in [-0.25, -0.2) is 4.79 Å². The monoisotopic (exact) mass is 367 g/mol. The molecule has 0 aliphatic heterocycles. The molecule has 0 amide bonds. The molecular formula is C22H25NO4. The first-order valence-corrected chi connectivity index (χ1v) is 8.87. The van der Waals surface area contributed by atoms with Gasteiger partial charge in [0.15, 0.2) is 5.78 Å². The van der Waals surface area contributed by atoms with Crippen LogP contribution in [0.2, 0.25) is 0 Å². The Labute approximate surface area is 160 Å². The summed E-state index contributed by atoms with van der Waals surface area (Å²) in [6.45, 7) is 7.05. The zero-order valence-corrected chi connectivity index (χ0v) is 15.8. The second-order valence-corrected chi connectivity index (χ2v) is 6.15. The van der Waals surface area contributed by atoms with E-state index in [9.17, 15) is 9.59 Å². The van der Waals surface area contributed by atoms with Crippen LogP contribution in [0, 0.1) is 0 Å². The van der Waals surface area contributed by atoms with Crippen LogP contribution in [0.4, 0.5) is 0 Å². The number of benzene rings is 2. The lowest BCUT2D eigenvalue weighted by Crippen LogP contribution is -2.36. The zero-order chi connectivity index (χ0) is 19.6. The number of likely N-dealkylation sites (N-methyl/N-ethyl adjacent to an activating group) is 1. The summed E-state index contributed by atoms with van der Waals surface area (Å²) in [5.41, 5.74) is 1.24. The summed E-state index contributed by atoms with van der Waals surface area (Å²) in [6.07, 6.45) is 0.731. The highest BCUT2D eigenvalue weighted by atomic mass is 16.6. The Morgan fingerprint density at radius 2 is 1.70 bits per heavy atom. The fourth-order valence-electron chi connectivity index (χ4n) is 2.46. The van der Waals surface area contributed by atoms with E-state index in [1.54, 1.807) is 36.4 Å². The van der Waals surface area contributed by atoms with Crippen LogP contribution in [0.25, 0.3) is 0 Å². The predicted octanol–water partition coefficient (Wildman–Crippen LogP) is 3.35. The summed E-state index contributed by atoms with van der Waals surface area (Å²) in [6, 6.07) is 16.1. The summed E-state index contributed by atoms with van der Waals surface area (Å²) in [4.78, 5) is 26.0. The molecule has 1 atom stereocenters. The third kappa shape index (κ3) is 6.38. The zero-order valence-electron chi connectivity index (χ0n) is 15.8. The molecule has 0 saturated heterocycles. The Kier molecular flexibility index (Phi) is 7.77. The molecule has 142 valence electrons. The second-order valence-electron chi connectivity index (χ2n) is 6.15. The Hall–Kier alpha value is -2.92. The van der Waals surface area contributed by atoms with Gasteiger partial charge >= 0.3 is 5.97 Å². The number of carbonyl (C=O) groups is 2. The van der Waals surface area contributed by atoms with Gasteiger partial charge in [0.05, 0.1) is 0 Å². The smallest absolute Gasteiger partial charge is 0.330 e. The fraction of sp³-hybridized carbons (Fsp3) is 0.273. The average molecular weight is 367 g/mol. The van der Waals surface area contributed by atoms with E-state index in [-0.39, 0.29) is 12.4 Å². The van der Waals surface area contributed by atoms with Crippen molar-refractivity contribution in [3.05, 3.63) is 78.4 Å². The van der Waals surface area contributed by atoms with Crippen molar-refractivity contribution in [2.24, 2.45) is 0 Å². The van der Waals surface area contributed by atoms with Crippen molar-refractivity contribution in [2.45, 2.75) is 13.0 Å². The lowest BCUT2D eigenvalue weighted by Gasteiger charge is -2.23. The van der Waals surface area contributed by atoms with Crippen molar-refractivity contribution in [1.29, 1.82) is 0 Å². The number of hydrogen-bond acceptors (Lipinski definition) is 5. The molecule has 0 aliphatic carbocycles. The number of ketones is 1. The molecule has 0 heterocycles. The van der Waals surface area contributed by atoms with E-state index in [0.717, 1.165) is 12.6 Å². The van der Waals surface area contributed by atoms with Gasteiger partial charge in [-0.05, 0) is 37.9 Å². The van der Waals surface area contributed by atoms with Crippen molar-refractivity contribution in [3.63, 3.8) is 0 Å².